The van der Waals surface area contributed by atoms with E-state index in [-0.39, 0.29) is 5.91 Å². The Morgan fingerprint density at radius 3 is 2.88 bits per heavy atom. The summed E-state index contributed by atoms with van der Waals surface area (Å²) in [6.45, 7) is 3.94. The Hall–Kier alpha value is -1.51. The Kier molecular flexibility index (Phi) is 6.17. The highest BCUT2D eigenvalue weighted by Crippen LogP contribution is 2.31. The summed E-state index contributed by atoms with van der Waals surface area (Å²) >= 11 is 1.42. The molecule has 2 fully saturated rings. The number of carbonyl (C=O) groups is 1. The highest BCUT2D eigenvalue weighted by molar-refractivity contribution is 8.00. The van der Waals surface area contributed by atoms with Crippen molar-refractivity contribution in [1.82, 2.24) is 9.80 Å². The minimum Gasteiger partial charge on any atom is -0.342 e. The van der Waals surface area contributed by atoms with Gasteiger partial charge in [0.2, 0.25) is 5.91 Å². The summed E-state index contributed by atoms with van der Waals surface area (Å²) in [5.74, 6) is 1.64. The van der Waals surface area contributed by atoms with Crippen molar-refractivity contribution in [3.8, 4) is 6.07 Å². The van der Waals surface area contributed by atoms with Crippen molar-refractivity contribution in [2.75, 3.05) is 31.1 Å². The molecule has 2 atom stereocenters. The lowest BCUT2D eigenvalue weighted by Crippen LogP contribution is -2.55. The lowest BCUT2D eigenvalue weighted by atomic mass is 9.83. The Morgan fingerprint density at radius 1 is 1.25 bits per heavy atom. The first kappa shape index (κ1) is 17.3. The van der Waals surface area contributed by atoms with Gasteiger partial charge in [0.1, 0.15) is 0 Å². The van der Waals surface area contributed by atoms with Gasteiger partial charge in [-0.1, -0.05) is 30.3 Å². The number of nitrogens with zero attached hydrogens (tertiary/aromatic N) is 3. The third-order valence-corrected chi connectivity index (χ3v) is 5.94. The molecule has 1 aromatic rings. The summed E-state index contributed by atoms with van der Waals surface area (Å²) in [6, 6.07) is 13.4. The molecule has 0 N–H and O–H groups in total. The monoisotopic (exact) mass is 343 g/mol. The molecular formula is C19H25N3OS. The lowest BCUT2D eigenvalue weighted by Gasteiger charge is -2.47. The van der Waals surface area contributed by atoms with E-state index in [2.05, 4.69) is 41.3 Å². The standard InChI is InChI=1S/C19H25N3OS/c20-9-12-24-15-19(23)22-11-8-18-17(14-22)7-4-10-21(18)13-16-5-2-1-3-6-16/h1-3,5-6,17-18H,4,7-8,10-15H2. The fourth-order valence-electron chi connectivity index (χ4n) is 4.02. The molecule has 0 bridgehead atoms. The molecular weight excluding hydrogens is 318 g/mol. The number of fused-ring (bicyclic) bond motifs is 1. The van der Waals surface area contributed by atoms with E-state index < -0.39 is 0 Å². The third-order valence-electron chi connectivity index (χ3n) is 5.16. The SMILES string of the molecule is N#CCSCC(=O)N1CCC2C(CCCN2Cc2ccccc2)C1. The van der Waals surface area contributed by atoms with Crippen LogP contribution in [0.3, 0.4) is 0 Å². The molecule has 4 nitrogen and oxygen atoms in total. The Labute approximate surface area is 148 Å². The van der Waals surface area contributed by atoms with Crippen LogP contribution >= 0.6 is 11.8 Å². The zero-order valence-corrected chi connectivity index (χ0v) is 14.9. The molecule has 0 aliphatic carbocycles. The molecule has 24 heavy (non-hydrogen) atoms. The molecule has 2 heterocycles. The van der Waals surface area contributed by atoms with E-state index in [0.717, 1.165) is 26.1 Å². The number of nitriles is 1. The first-order valence-electron chi connectivity index (χ1n) is 8.78. The largest absolute Gasteiger partial charge is 0.342 e. The number of hydrogen-bond acceptors (Lipinski definition) is 4. The van der Waals surface area contributed by atoms with Gasteiger partial charge in [-0.3, -0.25) is 9.69 Å². The average molecular weight is 343 g/mol. The van der Waals surface area contributed by atoms with Crippen molar-refractivity contribution in [2.45, 2.75) is 31.8 Å². The fraction of sp³-hybridized carbons (Fsp3) is 0.579. The molecule has 2 saturated heterocycles. The predicted molar refractivity (Wildman–Crippen MR) is 97.5 cm³/mol. The van der Waals surface area contributed by atoms with Crippen LogP contribution in [-0.4, -0.2) is 52.9 Å². The molecule has 0 spiro atoms. The zero-order valence-electron chi connectivity index (χ0n) is 14.1. The number of hydrogen-bond donors (Lipinski definition) is 0. The van der Waals surface area contributed by atoms with Gasteiger partial charge in [-0.15, -0.1) is 11.8 Å². The Morgan fingerprint density at radius 2 is 2.08 bits per heavy atom. The van der Waals surface area contributed by atoms with Crippen LogP contribution in [0.2, 0.25) is 0 Å². The lowest BCUT2D eigenvalue weighted by molar-refractivity contribution is -0.132. The Balaban J connectivity index is 1.56. The van der Waals surface area contributed by atoms with Gasteiger partial charge in [0.15, 0.2) is 0 Å². The van der Waals surface area contributed by atoms with Crippen molar-refractivity contribution < 1.29 is 4.79 Å². The summed E-state index contributed by atoms with van der Waals surface area (Å²) in [4.78, 5) is 16.9. The highest BCUT2D eigenvalue weighted by Gasteiger charge is 2.36. The van der Waals surface area contributed by atoms with Crippen LogP contribution < -0.4 is 0 Å². The summed E-state index contributed by atoms with van der Waals surface area (Å²) in [5.41, 5.74) is 1.38. The van der Waals surface area contributed by atoms with E-state index in [1.165, 1.54) is 36.7 Å². The van der Waals surface area contributed by atoms with Crippen molar-refractivity contribution in [3.63, 3.8) is 0 Å². The van der Waals surface area contributed by atoms with E-state index in [1.807, 2.05) is 4.90 Å². The number of amides is 1. The molecule has 2 aliphatic heterocycles. The van der Waals surface area contributed by atoms with Crippen LogP contribution in [0.5, 0.6) is 0 Å². The number of likely N-dealkylation sites (tertiary alicyclic amines) is 2. The number of piperidine rings is 2. The predicted octanol–water partition coefficient (Wildman–Crippen LogP) is 2.76. The number of rotatable bonds is 5. The summed E-state index contributed by atoms with van der Waals surface area (Å²) in [5, 5.41) is 8.59. The van der Waals surface area contributed by atoms with Crippen LogP contribution in [0.4, 0.5) is 0 Å². The van der Waals surface area contributed by atoms with Gasteiger partial charge in [0, 0.05) is 25.7 Å². The Bertz CT molecular complexity index is 586. The number of carbonyl (C=O) groups excluding carboxylic acids is 1. The van der Waals surface area contributed by atoms with E-state index in [9.17, 15) is 4.79 Å². The van der Waals surface area contributed by atoms with E-state index >= 15 is 0 Å². The number of thioether (sulfide) groups is 1. The second-order valence-electron chi connectivity index (χ2n) is 6.71. The van der Waals surface area contributed by atoms with Gasteiger partial charge < -0.3 is 4.90 Å². The molecule has 3 rings (SSSR count). The average Bonchev–Trinajstić information content (AvgIpc) is 2.62. The molecule has 2 aliphatic rings. The molecule has 1 aromatic carbocycles. The topological polar surface area (TPSA) is 47.3 Å². The highest BCUT2D eigenvalue weighted by atomic mass is 32.2. The van der Waals surface area contributed by atoms with Gasteiger partial charge in [-0.2, -0.15) is 5.26 Å². The molecule has 0 aromatic heterocycles. The molecule has 1 amide bonds. The first-order valence-corrected chi connectivity index (χ1v) is 9.94. The van der Waals surface area contributed by atoms with Gasteiger partial charge in [-0.05, 0) is 37.3 Å². The van der Waals surface area contributed by atoms with Crippen LogP contribution in [0.15, 0.2) is 30.3 Å². The van der Waals surface area contributed by atoms with Gasteiger partial charge in [-0.25, -0.2) is 0 Å². The van der Waals surface area contributed by atoms with E-state index in [0.29, 0.717) is 23.5 Å². The van der Waals surface area contributed by atoms with Crippen LogP contribution in [0, 0.1) is 17.2 Å². The summed E-state index contributed by atoms with van der Waals surface area (Å²) in [7, 11) is 0. The summed E-state index contributed by atoms with van der Waals surface area (Å²) in [6.07, 6.45) is 3.52. The van der Waals surface area contributed by atoms with Crippen molar-refractivity contribution in [1.29, 1.82) is 5.26 Å². The minimum atomic E-state index is 0.203. The first-order chi connectivity index (χ1) is 11.8. The van der Waals surface area contributed by atoms with Gasteiger partial charge in [0.05, 0.1) is 17.6 Å². The fourth-order valence-corrected chi connectivity index (χ4v) is 4.57. The van der Waals surface area contributed by atoms with Crippen molar-refractivity contribution in [3.05, 3.63) is 35.9 Å². The molecule has 0 saturated carbocycles. The maximum absolute atomic E-state index is 12.3. The normalized spacial score (nSPS) is 24.2. The van der Waals surface area contributed by atoms with Crippen LogP contribution in [-0.2, 0) is 11.3 Å². The van der Waals surface area contributed by atoms with Gasteiger partial charge in [0.25, 0.3) is 0 Å². The second-order valence-corrected chi connectivity index (χ2v) is 7.69. The van der Waals surface area contributed by atoms with Crippen molar-refractivity contribution >= 4 is 17.7 Å². The molecule has 5 heteroatoms. The molecule has 2 unspecified atom stereocenters. The van der Waals surface area contributed by atoms with E-state index in [4.69, 9.17) is 5.26 Å². The van der Waals surface area contributed by atoms with E-state index in [1.54, 1.807) is 0 Å². The minimum absolute atomic E-state index is 0.203. The van der Waals surface area contributed by atoms with Crippen molar-refractivity contribution in [2.24, 2.45) is 5.92 Å². The molecule has 128 valence electrons. The zero-order chi connectivity index (χ0) is 16.8. The van der Waals surface area contributed by atoms with Gasteiger partial charge >= 0.3 is 0 Å². The quantitative estimate of drug-likeness (QED) is 0.771. The maximum atomic E-state index is 12.3. The van der Waals surface area contributed by atoms with Crippen LogP contribution in [0.25, 0.3) is 0 Å². The number of benzene rings is 1. The third kappa shape index (κ3) is 4.31. The van der Waals surface area contributed by atoms with Crippen LogP contribution in [0.1, 0.15) is 24.8 Å². The second kappa shape index (κ2) is 8.55. The summed E-state index contributed by atoms with van der Waals surface area (Å²) < 4.78 is 0. The molecule has 0 radical (unpaired) electrons. The smallest absolute Gasteiger partial charge is 0.232 e. The maximum Gasteiger partial charge on any atom is 0.232 e.